The van der Waals surface area contributed by atoms with Crippen molar-refractivity contribution >= 4 is 33.3 Å². The summed E-state index contributed by atoms with van der Waals surface area (Å²) in [7, 11) is 0. The molecule has 1 aliphatic rings. The number of hydrogen-bond acceptors (Lipinski definition) is 3. The third-order valence-corrected chi connectivity index (χ3v) is 3.64. The van der Waals surface area contributed by atoms with Gasteiger partial charge in [0.1, 0.15) is 0 Å². The van der Waals surface area contributed by atoms with E-state index in [2.05, 4.69) is 42.0 Å². The van der Waals surface area contributed by atoms with Crippen molar-refractivity contribution in [3.63, 3.8) is 0 Å². The molecular formula is C15H19BrN2O2. The van der Waals surface area contributed by atoms with Crippen LogP contribution in [0.4, 0.5) is 5.69 Å². The summed E-state index contributed by atoms with van der Waals surface area (Å²) in [6.45, 7) is 7.67. The molecule has 0 bridgehead atoms. The van der Waals surface area contributed by atoms with Crippen molar-refractivity contribution in [2.75, 3.05) is 18.0 Å². The van der Waals surface area contributed by atoms with E-state index >= 15 is 0 Å². The monoisotopic (exact) mass is 338 g/mol. The van der Waals surface area contributed by atoms with Crippen LogP contribution >= 0.6 is 15.9 Å². The number of Topliss-reactive ketones (excluding diaryl/α,β-unsaturated/α-hetero) is 1. The number of rotatable bonds is 4. The molecule has 1 aliphatic heterocycles. The van der Waals surface area contributed by atoms with E-state index in [4.69, 9.17) is 0 Å². The van der Waals surface area contributed by atoms with Gasteiger partial charge in [-0.05, 0) is 51.9 Å². The highest BCUT2D eigenvalue weighted by Crippen LogP contribution is 2.31. The van der Waals surface area contributed by atoms with E-state index in [0.29, 0.717) is 17.8 Å². The summed E-state index contributed by atoms with van der Waals surface area (Å²) in [5.41, 5.74) is 1.28. The first kappa shape index (κ1) is 15.2. The molecule has 20 heavy (non-hydrogen) atoms. The fourth-order valence-corrected chi connectivity index (χ4v) is 2.54. The summed E-state index contributed by atoms with van der Waals surface area (Å²) in [4.78, 5) is 25.5. The Hall–Kier alpha value is -1.20. The van der Waals surface area contributed by atoms with Gasteiger partial charge in [-0.25, -0.2) is 0 Å². The second-order valence-corrected chi connectivity index (χ2v) is 6.89. The van der Waals surface area contributed by atoms with Gasteiger partial charge in [-0.1, -0.05) is 15.9 Å². The van der Waals surface area contributed by atoms with Crippen molar-refractivity contribution in [1.29, 1.82) is 0 Å². The second kappa shape index (κ2) is 5.66. The lowest BCUT2D eigenvalue weighted by Gasteiger charge is -2.22. The number of fused-ring (bicyclic) bond motifs is 1. The van der Waals surface area contributed by atoms with Gasteiger partial charge in [-0.15, -0.1) is 0 Å². The summed E-state index contributed by atoms with van der Waals surface area (Å²) in [5.74, 6) is -0.829. The lowest BCUT2D eigenvalue weighted by Crippen LogP contribution is -2.38. The molecule has 0 unspecified atom stereocenters. The number of carbonyl (C=O) groups is 2. The van der Waals surface area contributed by atoms with E-state index in [9.17, 15) is 9.59 Å². The molecule has 0 aromatic heterocycles. The largest absolute Gasteiger partial charge is 0.312 e. The number of amides is 1. The first-order valence-corrected chi connectivity index (χ1v) is 7.50. The molecule has 0 spiro atoms. The number of ketones is 1. The second-order valence-electron chi connectivity index (χ2n) is 5.98. The molecule has 1 N–H and O–H groups in total. The zero-order valence-corrected chi connectivity index (χ0v) is 13.6. The lowest BCUT2D eigenvalue weighted by atomic mass is 10.1. The Labute approximate surface area is 127 Å². The van der Waals surface area contributed by atoms with Crippen LogP contribution < -0.4 is 10.2 Å². The summed E-state index contributed by atoms with van der Waals surface area (Å²) in [6.07, 6.45) is 0.808. The van der Waals surface area contributed by atoms with Gasteiger partial charge in [0.2, 0.25) is 0 Å². The molecule has 0 saturated carbocycles. The Morgan fingerprint density at radius 1 is 1.25 bits per heavy atom. The molecule has 1 amide bonds. The highest BCUT2D eigenvalue weighted by atomic mass is 79.9. The molecule has 0 aliphatic carbocycles. The third kappa shape index (κ3) is 3.27. The standard InChI is InChI=1S/C15H19BrN2O2/c1-15(2,3)17-7-4-8-18-12-9-10(16)5-6-11(12)13(19)14(18)20/h5-6,9,17H,4,7-8H2,1-3H3. The number of anilines is 1. The maximum Gasteiger partial charge on any atom is 0.299 e. The van der Waals surface area contributed by atoms with Crippen LogP contribution in [0, 0.1) is 0 Å². The van der Waals surface area contributed by atoms with Gasteiger partial charge in [0, 0.05) is 16.6 Å². The van der Waals surface area contributed by atoms with Crippen LogP contribution in [0.15, 0.2) is 22.7 Å². The van der Waals surface area contributed by atoms with Crippen LogP contribution in [-0.2, 0) is 4.79 Å². The van der Waals surface area contributed by atoms with E-state index in [1.807, 2.05) is 6.07 Å². The van der Waals surface area contributed by atoms with Gasteiger partial charge in [0.05, 0.1) is 11.3 Å². The van der Waals surface area contributed by atoms with Crippen molar-refractivity contribution in [1.82, 2.24) is 5.32 Å². The summed E-state index contributed by atoms with van der Waals surface area (Å²) < 4.78 is 0.872. The minimum absolute atomic E-state index is 0.0613. The predicted octanol–water partition coefficient (Wildman–Crippen LogP) is 2.76. The molecule has 2 rings (SSSR count). The zero-order valence-electron chi connectivity index (χ0n) is 12.0. The number of benzene rings is 1. The Kier molecular flexibility index (Phi) is 4.30. The first-order valence-electron chi connectivity index (χ1n) is 6.70. The summed E-state index contributed by atoms with van der Waals surface area (Å²) in [6, 6.07) is 5.32. The first-order chi connectivity index (χ1) is 9.29. The van der Waals surface area contributed by atoms with Gasteiger partial charge < -0.3 is 10.2 Å². The molecule has 5 heteroatoms. The lowest BCUT2D eigenvalue weighted by molar-refractivity contribution is -0.114. The summed E-state index contributed by atoms with van der Waals surface area (Å²) >= 11 is 3.38. The molecule has 4 nitrogen and oxygen atoms in total. The van der Waals surface area contributed by atoms with E-state index < -0.39 is 11.7 Å². The number of hydrogen-bond donors (Lipinski definition) is 1. The molecule has 0 fully saturated rings. The Bertz CT molecular complexity index is 549. The third-order valence-electron chi connectivity index (χ3n) is 3.15. The minimum atomic E-state index is -0.422. The molecular weight excluding hydrogens is 320 g/mol. The van der Waals surface area contributed by atoms with Crippen molar-refractivity contribution in [3.05, 3.63) is 28.2 Å². The Balaban J connectivity index is 2.04. The average molecular weight is 339 g/mol. The average Bonchev–Trinajstić information content (AvgIpc) is 2.57. The van der Waals surface area contributed by atoms with Crippen molar-refractivity contribution in [2.45, 2.75) is 32.7 Å². The molecule has 1 aromatic rings. The van der Waals surface area contributed by atoms with E-state index in [0.717, 1.165) is 17.4 Å². The zero-order chi connectivity index (χ0) is 14.9. The van der Waals surface area contributed by atoms with Gasteiger partial charge >= 0.3 is 0 Å². The molecule has 0 radical (unpaired) electrons. The van der Waals surface area contributed by atoms with Crippen LogP contribution in [0.3, 0.4) is 0 Å². The highest BCUT2D eigenvalue weighted by molar-refractivity contribution is 9.10. The number of halogens is 1. The van der Waals surface area contributed by atoms with Gasteiger partial charge in [-0.2, -0.15) is 0 Å². The van der Waals surface area contributed by atoms with E-state index in [-0.39, 0.29) is 5.54 Å². The van der Waals surface area contributed by atoms with Crippen LogP contribution in [0.2, 0.25) is 0 Å². The van der Waals surface area contributed by atoms with Crippen molar-refractivity contribution in [2.24, 2.45) is 0 Å². The SMILES string of the molecule is CC(C)(C)NCCCN1C(=O)C(=O)c2ccc(Br)cc21. The fraction of sp³-hybridized carbons (Fsp3) is 0.467. The quantitative estimate of drug-likeness (QED) is 0.678. The predicted molar refractivity (Wildman–Crippen MR) is 83.2 cm³/mol. The Morgan fingerprint density at radius 2 is 1.95 bits per heavy atom. The van der Waals surface area contributed by atoms with Crippen molar-refractivity contribution in [3.8, 4) is 0 Å². The van der Waals surface area contributed by atoms with Crippen LogP contribution in [0.25, 0.3) is 0 Å². The Morgan fingerprint density at radius 3 is 2.60 bits per heavy atom. The fourth-order valence-electron chi connectivity index (χ4n) is 2.19. The van der Waals surface area contributed by atoms with Crippen LogP contribution in [0.1, 0.15) is 37.6 Å². The smallest absolute Gasteiger partial charge is 0.299 e. The van der Waals surface area contributed by atoms with Gasteiger partial charge in [0.25, 0.3) is 11.7 Å². The number of nitrogens with one attached hydrogen (secondary N) is 1. The summed E-state index contributed by atoms with van der Waals surface area (Å²) in [5, 5.41) is 3.38. The molecule has 1 aromatic carbocycles. The van der Waals surface area contributed by atoms with E-state index in [1.165, 1.54) is 0 Å². The van der Waals surface area contributed by atoms with Gasteiger partial charge in [0.15, 0.2) is 0 Å². The van der Waals surface area contributed by atoms with Crippen LogP contribution in [-0.4, -0.2) is 30.3 Å². The number of carbonyl (C=O) groups excluding carboxylic acids is 2. The molecule has 0 saturated heterocycles. The van der Waals surface area contributed by atoms with Crippen LogP contribution in [0.5, 0.6) is 0 Å². The van der Waals surface area contributed by atoms with Crippen molar-refractivity contribution < 1.29 is 9.59 Å². The maximum atomic E-state index is 12.0. The number of nitrogens with zero attached hydrogens (tertiary/aromatic N) is 1. The molecule has 0 atom stereocenters. The molecule has 1 heterocycles. The minimum Gasteiger partial charge on any atom is -0.312 e. The topological polar surface area (TPSA) is 49.4 Å². The maximum absolute atomic E-state index is 12.0. The normalized spacial score (nSPS) is 14.9. The highest BCUT2D eigenvalue weighted by Gasteiger charge is 2.35. The van der Waals surface area contributed by atoms with Gasteiger partial charge in [-0.3, -0.25) is 9.59 Å². The molecule has 108 valence electrons. The van der Waals surface area contributed by atoms with E-state index in [1.54, 1.807) is 17.0 Å².